The molecule has 1 aromatic carbocycles. The summed E-state index contributed by atoms with van der Waals surface area (Å²) in [6.07, 6.45) is -3.39. The lowest BCUT2D eigenvalue weighted by molar-refractivity contribution is -0.388. The van der Waals surface area contributed by atoms with Crippen LogP contribution in [0, 0.1) is 21.7 Å². The lowest BCUT2D eigenvalue weighted by Crippen LogP contribution is -2.41. The zero-order valence-corrected chi connectivity index (χ0v) is 15.2. The van der Waals surface area contributed by atoms with E-state index >= 15 is 0 Å². The minimum absolute atomic E-state index is 0.122. The van der Waals surface area contributed by atoms with Crippen molar-refractivity contribution < 1.29 is 33.1 Å². The van der Waals surface area contributed by atoms with Crippen LogP contribution in [0.4, 0.5) is 29.7 Å². The summed E-state index contributed by atoms with van der Waals surface area (Å²) in [4.78, 5) is 33.6. The number of hydrogen-bond acceptors (Lipinski definition) is 5. The Labute approximate surface area is 148 Å². The highest BCUT2D eigenvalue weighted by atomic mass is 19.1. The van der Waals surface area contributed by atoms with Gasteiger partial charge in [-0.05, 0) is 26.2 Å². The van der Waals surface area contributed by atoms with Gasteiger partial charge in [-0.25, -0.2) is 14.0 Å². The Kier molecular flexibility index (Phi) is 5.60. The zero-order chi connectivity index (χ0) is 20.6. The fourth-order valence-corrected chi connectivity index (χ4v) is 2.22. The average Bonchev–Trinajstić information content (AvgIpc) is 2.37. The summed E-state index contributed by atoms with van der Waals surface area (Å²) in [5, 5.41) is 20.4. The highest BCUT2D eigenvalue weighted by Crippen LogP contribution is 2.40. The van der Waals surface area contributed by atoms with E-state index in [1.165, 1.54) is 41.5 Å². The Morgan fingerprint density at radius 1 is 1.19 bits per heavy atom. The number of carbonyl (C=O) groups is 2. The molecule has 0 radical (unpaired) electrons. The molecular formula is C16H20F2N2O6. The standard InChI is InChI=1S/C16H20F2N2O6/c1-15(2,3)10-11(18)9(7-8(17)12(10)20(24)25)19(13(21)22)14(23)26-16(4,5)6/h7H,1-6H3,(H,21,22). The first-order valence-corrected chi connectivity index (χ1v) is 7.50. The van der Waals surface area contributed by atoms with E-state index in [0.717, 1.165) is 0 Å². The van der Waals surface area contributed by atoms with Crippen LogP contribution in [0.15, 0.2) is 6.07 Å². The molecule has 0 aromatic heterocycles. The van der Waals surface area contributed by atoms with Gasteiger partial charge in [-0.15, -0.1) is 0 Å². The smallest absolute Gasteiger partial charge is 0.424 e. The molecule has 10 heteroatoms. The topological polar surface area (TPSA) is 110 Å². The van der Waals surface area contributed by atoms with Gasteiger partial charge in [0.2, 0.25) is 5.82 Å². The predicted molar refractivity (Wildman–Crippen MR) is 88.5 cm³/mol. The van der Waals surface area contributed by atoms with Crippen LogP contribution in [0.1, 0.15) is 47.1 Å². The van der Waals surface area contributed by atoms with E-state index in [1.54, 1.807) is 0 Å². The number of nitrogens with zero attached hydrogens (tertiary/aromatic N) is 2. The molecule has 0 saturated heterocycles. The number of halogens is 2. The molecule has 0 aliphatic carbocycles. The van der Waals surface area contributed by atoms with Crippen molar-refractivity contribution in [2.45, 2.75) is 52.6 Å². The van der Waals surface area contributed by atoms with Crippen LogP contribution >= 0.6 is 0 Å². The SMILES string of the molecule is CC(C)(C)OC(=O)N(C(=O)O)c1cc(F)c([N+](=O)[O-])c(C(C)(C)C)c1F. The molecule has 1 N–H and O–H groups in total. The monoisotopic (exact) mass is 374 g/mol. The van der Waals surface area contributed by atoms with E-state index in [0.29, 0.717) is 6.07 Å². The van der Waals surface area contributed by atoms with Crippen molar-refractivity contribution in [2.75, 3.05) is 4.90 Å². The fourth-order valence-electron chi connectivity index (χ4n) is 2.22. The van der Waals surface area contributed by atoms with Crippen molar-refractivity contribution in [3.8, 4) is 0 Å². The summed E-state index contributed by atoms with van der Waals surface area (Å²) in [5.74, 6) is -2.86. The molecule has 2 amide bonds. The molecule has 1 rings (SSSR count). The van der Waals surface area contributed by atoms with Crippen molar-refractivity contribution in [1.82, 2.24) is 0 Å². The molecule has 8 nitrogen and oxygen atoms in total. The molecule has 0 unspecified atom stereocenters. The Morgan fingerprint density at radius 3 is 2.04 bits per heavy atom. The van der Waals surface area contributed by atoms with E-state index in [2.05, 4.69) is 0 Å². The highest BCUT2D eigenvalue weighted by molar-refractivity contribution is 6.09. The summed E-state index contributed by atoms with van der Waals surface area (Å²) in [5.41, 5.74) is -5.12. The fraction of sp³-hybridized carbons (Fsp3) is 0.500. The molecule has 0 heterocycles. The summed E-state index contributed by atoms with van der Waals surface area (Å²) < 4.78 is 34.2. The number of nitro groups is 1. The second kappa shape index (κ2) is 6.85. The number of imide groups is 1. The first-order valence-electron chi connectivity index (χ1n) is 7.50. The van der Waals surface area contributed by atoms with Gasteiger partial charge in [0.05, 0.1) is 16.2 Å². The molecular weight excluding hydrogens is 354 g/mol. The maximum absolute atomic E-state index is 15.0. The number of nitro benzene ring substituents is 1. The molecule has 0 saturated carbocycles. The maximum atomic E-state index is 15.0. The third kappa shape index (κ3) is 4.44. The van der Waals surface area contributed by atoms with Crippen molar-refractivity contribution >= 4 is 23.6 Å². The van der Waals surface area contributed by atoms with Crippen molar-refractivity contribution in [3.05, 3.63) is 33.4 Å². The third-order valence-corrected chi connectivity index (χ3v) is 3.11. The second-order valence-corrected chi connectivity index (χ2v) is 7.52. The first-order chi connectivity index (χ1) is 11.6. The number of rotatable bonds is 2. The number of carbonyl (C=O) groups excluding carboxylic acids is 1. The van der Waals surface area contributed by atoms with Gasteiger partial charge in [-0.2, -0.15) is 9.29 Å². The van der Waals surface area contributed by atoms with Crippen molar-refractivity contribution in [2.24, 2.45) is 0 Å². The second-order valence-electron chi connectivity index (χ2n) is 7.52. The highest BCUT2D eigenvalue weighted by Gasteiger charge is 2.39. The van der Waals surface area contributed by atoms with Gasteiger partial charge in [0.15, 0.2) is 5.82 Å². The Morgan fingerprint density at radius 2 is 1.69 bits per heavy atom. The molecule has 144 valence electrons. The number of amides is 2. The number of ether oxygens (including phenoxy) is 1. The van der Waals surface area contributed by atoms with E-state index < -0.39 is 56.7 Å². The number of carboxylic acid groups (broad SMARTS) is 1. The van der Waals surface area contributed by atoms with Crippen molar-refractivity contribution in [1.29, 1.82) is 0 Å². The van der Waals surface area contributed by atoms with Gasteiger partial charge >= 0.3 is 17.9 Å². The molecule has 0 aliphatic heterocycles. The van der Waals surface area contributed by atoms with E-state index in [9.17, 15) is 33.6 Å². The van der Waals surface area contributed by atoms with Gasteiger partial charge in [0.25, 0.3) is 0 Å². The minimum atomic E-state index is -1.92. The van der Waals surface area contributed by atoms with Crippen molar-refractivity contribution in [3.63, 3.8) is 0 Å². The number of benzene rings is 1. The summed E-state index contributed by atoms with van der Waals surface area (Å²) in [6.45, 7) is 8.54. The minimum Gasteiger partial charge on any atom is -0.464 e. The van der Waals surface area contributed by atoms with Crippen LogP contribution < -0.4 is 4.90 Å². The molecule has 1 aromatic rings. The molecule has 0 spiro atoms. The molecule has 26 heavy (non-hydrogen) atoms. The predicted octanol–water partition coefficient (Wildman–Crippen LogP) is 4.59. The lowest BCUT2D eigenvalue weighted by atomic mass is 9.84. The van der Waals surface area contributed by atoms with E-state index in [-0.39, 0.29) is 4.90 Å². The molecule has 0 fully saturated rings. The van der Waals surface area contributed by atoms with Gasteiger partial charge in [0, 0.05) is 6.07 Å². The van der Waals surface area contributed by atoms with Crippen LogP contribution in [0.25, 0.3) is 0 Å². The number of anilines is 1. The summed E-state index contributed by atoms with van der Waals surface area (Å²) >= 11 is 0. The normalized spacial score (nSPS) is 11.8. The lowest BCUT2D eigenvalue weighted by Gasteiger charge is -2.26. The Hall–Kier alpha value is -2.78. The average molecular weight is 374 g/mol. The van der Waals surface area contributed by atoms with Crippen LogP contribution in [0.3, 0.4) is 0 Å². The summed E-state index contributed by atoms with van der Waals surface area (Å²) in [6, 6.07) is 0.292. The van der Waals surface area contributed by atoms with E-state index in [1.807, 2.05) is 0 Å². The largest absolute Gasteiger partial charge is 0.464 e. The maximum Gasteiger partial charge on any atom is 0.424 e. The van der Waals surface area contributed by atoms with Crippen LogP contribution in [0.5, 0.6) is 0 Å². The Balaban J connectivity index is 3.76. The summed E-state index contributed by atoms with van der Waals surface area (Å²) in [7, 11) is 0. The van der Waals surface area contributed by atoms with Gasteiger partial charge in [0.1, 0.15) is 5.60 Å². The van der Waals surface area contributed by atoms with Gasteiger partial charge < -0.3 is 9.84 Å². The molecule has 0 aliphatic rings. The zero-order valence-electron chi connectivity index (χ0n) is 15.2. The first kappa shape index (κ1) is 21.3. The quantitative estimate of drug-likeness (QED) is 0.599. The number of hydrogen-bond donors (Lipinski definition) is 1. The van der Waals surface area contributed by atoms with E-state index in [4.69, 9.17) is 4.74 Å². The molecule has 0 atom stereocenters. The molecule has 0 bridgehead atoms. The third-order valence-electron chi connectivity index (χ3n) is 3.11. The van der Waals surface area contributed by atoms with Gasteiger partial charge in [-0.1, -0.05) is 20.8 Å². The van der Waals surface area contributed by atoms with Crippen LogP contribution in [0.2, 0.25) is 0 Å². The van der Waals surface area contributed by atoms with Crippen LogP contribution in [-0.4, -0.2) is 27.8 Å². The Bertz CT molecular complexity index is 765. The van der Waals surface area contributed by atoms with Crippen LogP contribution in [-0.2, 0) is 10.2 Å². The van der Waals surface area contributed by atoms with Gasteiger partial charge in [-0.3, -0.25) is 10.1 Å².